The number of rotatable bonds is 2. The Labute approximate surface area is 134 Å². The molecule has 0 aliphatic carbocycles. The Bertz CT molecular complexity index is 626. The topological polar surface area (TPSA) is 20.3 Å². The quantitative estimate of drug-likeness (QED) is 0.767. The molecule has 2 aromatic rings. The lowest BCUT2D eigenvalue weighted by Gasteiger charge is -2.29. The molecule has 0 unspecified atom stereocenters. The van der Waals surface area contributed by atoms with E-state index in [1.807, 2.05) is 41.3 Å². The summed E-state index contributed by atoms with van der Waals surface area (Å²) in [5.74, 6) is 0.911. The Morgan fingerprint density at radius 3 is 2.48 bits per heavy atom. The summed E-state index contributed by atoms with van der Waals surface area (Å²) >= 11 is 7.47. The van der Waals surface area contributed by atoms with Gasteiger partial charge < -0.3 is 4.90 Å². The lowest BCUT2D eigenvalue weighted by molar-refractivity contribution is 0.0702. The van der Waals surface area contributed by atoms with E-state index in [4.69, 9.17) is 11.6 Å². The van der Waals surface area contributed by atoms with Crippen molar-refractivity contribution in [2.24, 2.45) is 5.92 Å². The van der Waals surface area contributed by atoms with Crippen LogP contribution in [0.3, 0.4) is 0 Å². The minimum Gasteiger partial charge on any atom is -0.338 e. The Morgan fingerprint density at radius 2 is 1.81 bits per heavy atom. The van der Waals surface area contributed by atoms with Crippen LogP contribution in [-0.4, -0.2) is 23.9 Å². The average Bonchev–Trinajstić information content (AvgIpc) is 2.98. The van der Waals surface area contributed by atoms with Gasteiger partial charge in [-0.05, 0) is 48.6 Å². The lowest BCUT2D eigenvalue weighted by atomic mass is 9.99. The number of likely N-dealkylation sites (tertiary alicyclic amines) is 1. The molecule has 0 N–H and O–H groups in total. The summed E-state index contributed by atoms with van der Waals surface area (Å²) in [6.45, 7) is 4.02. The molecule has 1 aromatic carbocycles. The van der Waals surface area contributed by atoms with E-state index in [9.17, 15) is 4.79 Å². The van der Waals surface area contributed by atoms with Gasteiger partial charge in [-0.2, -0.15) is 0 Å². The maximum atomic E-state index is 12.5. The van der Waals surface area contributed by atoms with Crippen LogP contribution < -0.4 is 0 Å². The minimum atomic E-state index is 0.173. The molecular weight excluding hydrogens is 302 g/mol. The zero-order valence-corrected chi connectivity index (χ0v) is 13.6. The molecule has 110 valence electrons. The third-order valence-electron chi connectivity index (χ3n) is 4.02. The molecule has 4 heteroatoms. The third-order valence-corrected chi connectivity index (χ3v) is 5.39. The third kappa shape index (κ3) is 3.30. The van der Waals surface area contributed by atoms with E-state index < -0.39 is 0 Å². The predicted octanol–water partition coefficient (Wildman–Crippen LogP) is 4.94. The summed E-state index contributed by atoms with van der Waals surface area (Å²) in [6, 6.07) is 11.7. The normalized spacial score (nSPS) is 16.2. The van der Waals surface area contributed by atoms with Gasteiger partial charge in [0.05, 0.1) is 4.88 Å². The summed E-state index contributed by atoms with van der Waals surface area (Å²) in [5, 5.41) is 0.731. The van der Waals surface area contributed by atoms with Gasteiger partial charge in [-0.25, -0.2) is 0 Å². The zero-order chi connectivity index (χ0) is 14.8. The summed E-state index contributed by atoms with van der Waals surface area (Å²) in [5.41, 5.74) is 1.11. The molecule has 0 spiro atoms. The molecule has 2 heterocycles. The number of carbonyl (C=O) groups is 1. The number of hydrogen-bond donors (Lipinski definition) is 0. The van der Waals surface area contributed by atoms with Crippen molar-refractivity contribution in [2.75, 3.05) is 13.1 Å². The highest BCUT2D eigenvalue weighted by molar-refractivity contribution is 7.17. The maximum Gasteiger partial charge on any atom is 0.263 e. The number of nitrogens with zero attached hydrogens (tertiary/aromatic N) is 1. The fraction of sp³-hybridized carbons (Fsp3) is 0.353. The van der Waals surface area contributed by atoms with Crippen molar-refractivity contribution in [2.45, 2.75) is 19.8 Å². The molecule has 3 rings (SSSR count). The fourth-order valence-corrected chi connectivity index (χ4v) is 3.70. The van der Waals surface area contributed by atoms with E-state index >= 15 is 0 Å². The molecule has 0 atom stereocenters. The van der Waals surface area contributed by atoms with Gasteiger partial charge in [-0.3, -0.25) is 4.79 Å². The fourth-order valence-electron chi connectivity index (χ4n) is 2.59. The number of halogens is 1. The van der Waals surface area contributed by atoms with Crippen molar-refractivity contribution in [3.8, 4) is 10.4 Å². The van der Waals surface area contributed by atoms with Gasteiger partial charge >= 0.3 is 0 Å². The summed E-state index contributed by atoms with van der Waals surface area (Å²) in [6.07, 6.45) is 2.22. The minimum absolute atomic E-state index is 0.173. The van der Waals surface area contributed by atoms with Crippen molar-refractivity contribution in [3.05, 3.63) is 46.3 Å². The SMILES string of the molecule is CC1CCN(C(=O)c2ccc(-c3ccc(Cl)cc3)s2)CC1. The smallest absolute Gasteiger partial charge is 0.263 e. The second-order valence-corrected chi connectivity index (χ2v) is 7.17. The van der Waals surface area contributed by atoms with Crippen LogP contribution in [-0.2, 0) is 0 Å². The van der Waals surface area contributed by atoms with Crippen molar-refractivity contribution in [1.82, 2.24) is 4.90 Å². The Balaban J connectivity index is 1.75. The second kappa shape index (κ2) is 6.20. The monoisotopic (exact) mass is 319 g/mol. The van der Waals surface area contributed by atoms with E-state index in [0.29, 0.717) is 0 Å². The lowest BCUT2D eigenvalue weighted by Crippen LogP contribution is -2.37. The largest absolute Gasteiger partial charge is 0.338 e. The van der Waals surface area contributed by atoms with Crippen molar-refractivity contribution in [3.63, 3.8) is 0 Å². The van der Waals surface area contributed by atoms with Crippen molar-refractivity contribution in [1.29, 1.82) is 0 Å². The van der Waals surface area contributed by atoms with E-state index in [2.05, 4.69) is 6.92 Å². The van der Waals surface area contributed by atoms with Crippen LogP contribution in [0, 0.1) is 5.92 Å². The first-order valence-electron chi connectivity index (χ1n) is 7.28. The Hall–Kier alpha value is -1.32. The highest BCUT2D eigenvalue weighted by atomic mass is 35.5. The van der Waals surface area contributed by atoms with Gasteiger partial charge in [0.25, 0.3) is 5.91 Å². The van der Waals surface area contributed by atoms with Gasteiger partial charge in [-0.1, -0.05) is 30.7 Å². The standard InChI is InChI=1S/C17H18ClNOS/c1-12-8-10-19(11-9-12)17(20)16-7-6-15(21-16)13-2-4-14(18)5-3-13/h2-7,12H,8-11H2,1H3. The van der Waals surface area contributed by atoms with Crippen molar-refractivity contribution >= 4 is 28.8 Å². The van der Waals surface area contributed by atoms with E-state index in [0.717, 1.165) is 52.2 Å². The number of carbonyl (C=O) groups excluding carboxylic acids is 1. The summed E-state index contributed by atoms with van der Waals surface area (Å²) in [4.78, 5) is 16.4. The zero-order valence-electron chi connectivity index (χ0n) is 12.0. The molecule has 21 heavy (non-hydrogen) atoms. The summed E-state index contributed by atoms with van der Waals surface area (Å²) < 4.78 is 0. The molecule has 1 aliphatic heterocycles. The molecule has 1 amide bonds. The van der Waals surface area contributed by atoms with Gasteiger partial charge in [-0.15, -0.1) is 11.3 Å². The first-order chi connectivity index (χ1) is 10.1. The molecule has 2 nitrogen and oxygen atoms in total. The number of piperidine rings is 1. The van der Waals surface area contributed by atoms with Crippen LogP contribution in [0.4, 0.5) is 0 Å². The number of amides is 1. The van der Waals surface area contributed by atoms with Gasteiger partial charge in [0.15, 0.2) is 0 Å². The number of benzene rings is 1. The molecule has 1 aromatic heterocycles. The number of hydrogen-bond acceptors (Lipinski definition) is 2. The van der Waals surface area contributed by atoms with Crippen LogP contribution in [0.2, 0.25) is 5.02 Å². The van der Waals surface area contributed by atoms with E-state index in [-0.39, 0.29) is 5.91 Å². The number of thiophene rings is 1. The van der Waals surface area contributed by atoms with Crippen LogP contribution >= 0.6 is 22.9 Å². The van der Waals surface area contributed by atoms with Gasteiger partial charge in [0.2, 0.25) is 0 Å². The molecule has 1 aliphatic rings. The summed E-state index contributed by atoms with van der Waals surface area (Å²) in [7, 11) is 0. The van der Waals surface area contributed by atoms with Crippen LogP contribution in [0.5, 0.6) is 0 Å². The van der Waals surface area contributed by atoms with Gasteiger partial charge in [0, 0.05) is 23.0 Å². The molecule has 0 saturated carbocycles. The highest BCUT2D eigenvalue weighted by Crippen LogP contribution is 2.30. The molecule has 1 saturated heterocycles. The van der Waals surface area contributed by atoms with E-state index in [1.165, 1.54) is 0 Å². The average molecular weight is 320 g/mol. The second-order valence-electron chi connectivity index (χ2n) is 5.65. The maximum absolute atomic E-state index is 12.5. The first-order valence-corrected chi connectivity index (χ1v) is 8.48. The van der Waals surface area contributed by atoms with E-state index in [1.54, 1.807) is 11.3 Å². The Morgan fingerprint density at radius 1 is 1.14 bits per heavy atom. The van der Waals surface area contributed by atoms with Crippen LogP contribution in [0.1, 0.15) is 29.4 Å². The molecular formula is C17H18ClNOS. The van der Waals surface area contributed by atoms with Gasteiger partial charge in [0.1, 0.15) is 0 Å². The Kier molecular flexibility index (Phi) is 4.32. The highest BCUT2D eigenvalue weighted by Gasteiger charge is 2.22. The first kappa shape index (κ1) is 14.6. The van der Waals surface area contributed by atoms with Crippen molar-refractivity contribution < 1.29 is 4.79 Å². The van der Waals surface area contributed by atoms with Crippen LogP contribution in [0.15, 0.2) is 36.4 Å². The van der Waals surface area contributed by atoms with Crippen LogP contribution in [0.25, 0.3) is 10.4 Å². The molecule has 1 fully saturated rings. The predicted molar refractivity (Wildman–Crippen MR) is 89.1 cm³/mol. The molecule has 0 radical (unpaired) electrons. The molecule has 0 bridgehead atoms.